The monoisotopic (exact) mass is 530 g/mol. The number of hydrogen-bond acceptors (Lipinski definition) is 5. The van der Waals surface area contributed by atoms with Crippen LogP contribution in [0.5, 0.6) is 0 Å². The van der Waals surface area contributed by atoms with Gasteiger partial charge in [-0.3, -0.25) is 19.2 Å². The van der Waals surface area contributed by atoms with Gasteiger partial charge in [0.25, 0.3) is 5.91 Å². The van der Waals surface area contributed by atoms with E-state index in [1.165, 1.54) is 0 Å². The number of anilines is 1. The summed E-state index contributed by atoms with van der Waals surface area (Å²) in [5, 5.41) is 8.34. The van der Waals surface area contributed by atoms with Gasteiger partial charge in [-0.25, -0.2) is 0 Å². The molecular weight excluding hydrogens is 499 g/mol. The number of carbonyl (C=O) groups is 4. The van der Waals surface area contributed by atoms with Crippen LogP contribution in [-0.2, 0) is 14.4 Å². The van der Waals surface area contributed by atoms with E-state index in [0.717, 1.165) is 0 Å². The lowest BCUT2D eigenvalue weighted by Crippen LogP contribution is -2.39. The number of Topliss-reactive ketones (excluding diaryl/α,β-unsaturated/α-hetero) is 1. The largest absolute Gasteiger partial charge is 0.356 e. The molecule has 0 saturated carbocycles. The van der Waals surface area contributed by atoms with Crippen LogP contribution in [0.1, 0.15) is 44.0 Å². The van der Waals surface area contributed by atoms with Gasteiger partial charge in [-0.05, 0) is 43.5 Å². The van der Waals surface area contributed by atoms with Gasteiger partial charge in [0, 0.05) is 36.7 Å². The predicted octanol–water partition coefficient (Wildman–Crippen LogP) is 1.87. The van der Waals surface area contributed by atoms with Crippen LogP contribution in [0.15, 0.2) is 24.3 Å². The highest BCUT2D eigenvalue weighted by molar-refractivity contribution is 14.1. The number of benzene rings is 1. The van der Waals surface area contributed by atoms with Crippen molar-refractivity contribution in [3.05, 3.63) is 29.8 Å². The molecule has 0 saturated heterocycles. The summed E-state index contributed by atoms with van der Waals surface area (Å²) in [6.45, 7) is 6.22. The summed E-state index contributed by atoms with van der Waals surface area (Å²) in [5.41, 5.74) is 6.72. The van der Waals surface area contributed by atoms with Gasteiger partial charge in [0.05, 0.1) is 10.5 Å². The molecule has 3 amide bonds. The number of ketones is 1. The number of nitrogens with one attached hydrogen (secondary N) is 3. The van der Waals surface area contributed by atoms with E-state index in [4.69, 9.17) is 5.73 Å². The highest BCUT2D eigenvalue weighted by atomic mass is 127. The molecule has 0 radical (unpaired) electrons. The SMILES string of the molecule is CC(C)[C@@H](CC(=O)[C@@H](C)N)C(=O)NCCCNC(=O)c1ccc(NC(=O)CI)cc1. The number of nitrogens with two attached hydrogens (primary N) is 1. The number of hydrogen-bond donors (Lipinski definition) is 4. The summed E-state index contributed by atoms with van der Waals surface area (Å²) in [5.74, 6) is -1.01. The number of rotatable bonds is 12. The Morgan fingerprint density at radius 1 is 1.00 bits per heavy atom. The zero-order valence-electron chi connectivity index (χ0n) is 17.7. The Balaban J connectivity index is 2.38. The number of carbonyl (C=O) groups excluding carboxylic acids is 4. The van der Waals surface area contributed by atoms with E-state index in [9.17, 15) is 19.2 Å². The molecule has 2 atom stereocenters. The smallest absolute Gasteiger partial charge is 0.251 e. The summed E-state index contributed by atoms with van der Waals surface area (Å²) < 4.78 is 0.358. The average Bonchev–Trinajstić information content (AvgIpc) is 2.71. The molecule has 166 valence electrons. The van der Waals surface area contributed by atoms with Gasteiger partial charge >= 0.3 is 0 Å². The number of amides is 3. The second-order valence-electron chi connectivity index (χ2n) is 7.47. The third kappa shape index (κ3) is 9.21. The highest BCUT2D eigenvalue weighted by Crippen LogP contribution is 2.16. The van der Waals surface area contributed by atoms with Crippen molar-refractivity contribution in [3.8, 4) is 0 Å². The van der Waals surface area contributed by atoms with Crippen molar-refractivity contribution in [2.45, 2.75) is 39.7 Å². The molecule has 0 fully saturated rings. The van der Waals surface area contributed by atoms with E-state index in [0.29, 0.717) is 35.2 Å². The minimum absolute atomic E-state index is 0.0250. The Morgan fingerprint density at radius 3 is 2.13 bits per heavy atom. The second-order valence-corrected chi connectivity index (χ2v) is 8.23. The first-order chi connectivity index (χ1) is 14.1. The van der Waals surface area contributed by atoms with Crippen LogP contribution in [0, 0.1) is 11.8 Å². The van der Waals surface area contributed by atoms with E-state index >= 15 is 0 Å². The first-order valence-corrected chi connectivity index (χ1v) is 11.5. The van der Waals surface area contributed by atoms with Gasteiger partial charge in [0.15, 0.2) is 0 Å². The van der Waals surface area contributed by atoms with Crippen LogP contribution < -0.4 is 21.7 Å². The molecule has 9 heteroatoms. The van der Waals surface area contributed by atoms with E-state index in [-0.39, 0.29) is 35.8 Å². The zero-order chi connectivity index (χ0) is 22.7. The van der Waals surface area contributed by atoms with Crippen molar-refractivity contribution in [1.82, 2.24) is 10.6 Å². The second kappa shape index (κ2) is 13.3. The molecular formula is C21H31IN4O4. The van der Waals surface area contributed by atoms with Gasteiger partial charge < -0.3 is 21.7 Å². The van der Waals surface area contributed by atoms with E-state index in [2.05, 4.69) is 16.0 Å². The molecule has 0 aliphatic heterocycles. The first-order valence-electron chi connectivity index (χ1n) is 9.95. The summed E-state index contributed by atoms with van der Waals surface area (Å²) in [7, 11) is 0. The van der Waals surface area contributed by atoms with Crippen molar-refractivity contribution in [1.29, 1.82) is 0 Å². The predicted molar refractivity (Wildman–Crippen MR) is 126 cm³/mol. The normalized spacial score (nSPS) is 12.7. The molecule has 8 nitrogen and oxygen atoms in total. The Labute approximate surface area is 191 Å². The molecule has 0 spiro atoms. The summed E-state index contributed by atoms with van der Waals surface area (Å²) in [6.07, 6.45) is 0.694. The van der Waals surface area contributed by atoms with Crippen molar-refractivity contribution in [2.75, 3.05) is 22.8 Å². The summed E-state index contributed by atoms with van der Waals surface area (Å²) in [4.78, 5) is 47.8. The van der Waals surface area contributed by atoms with E-state index in [1.807, 2.05) is 36.4 Å². The van der Waals surface area contributed by atoms with Crippen molar-refractivity contribution in [2.24, 2.45) is 17.6 Å². The molecule has 1 rings (SSSR count). The maximum absolute atomic E-state index is 12.4. The van der Waals surface area contributed by atoms with Gasteiger partial charge in [-0.15, -0.1) is 0 Å². The quantitative estimate of drug-likeness (QED) is 0.186. The average molecular weight is 530 g/mol. The van der Waals surface area contributed by atoms with Crippen molar-refractivity contribution >= 4 is 51.8 Å². The van der Waals surface area contributed by atoms with Crippen LogP contribution in [0.25, 0.3) is 0 Å². The topological polar surface area (TPSA) is 130 Å². The van der Waals surface area contributed by atoms with E-state index < -0.39 is 12.0 Å². The molecule has 0 bridgehead atoms. The molecule has 30 heavy (non-hydrogen) atoms. The molecule has 0 aromatic heterocycles. The third-order valence-electron chi connectivity index (χ3n) is 4.56. The number of halogens is 1. The van der Waals surface area contributed by atoms with Crippen LogP contribution >= 0.6 is 22.6 Å². The highest BCUT2D eigenvalue weighted by Gasteiger charge is 2.25. The fraction of sp³-hybridized carbons (Fsp3) is 0.524. The lowest BCUT2D eigenvalue weighted by atomic mass is 9.88. The van der Waals surface area contributed by atoms with Gasteiger partial charge in [0.1, 0.15) is 5.78 Å². The minimum atomic E-state index is -0.578. The molecule has 0 aliphatic carbocycles. The molecule has 1 aromatic rings. The first kappa shape index (κ1) is 26.0. The lowest BCUT2D eigenvalue weighted by Gasteiger charge is -2.20. The van der Waals surface area contributed by atoms with Crippen LogP contribution in [0.3, 0.4) is 0 Å². The molecule has 0 heterocycles. The Kier molecular flexibility index (Phi) is 11.6. The van der Waals surface area contributed by atoms with Gasteiger partial charge in [-0.2, -0.15) is 0 Å². The maximum Gasteiger partial charge on any atom is 0.251 e. The Morgan fingerprint density at radius 2 is 1.60 bits per heavy atom. The van der Waals surface area contributed by atoms with Crippen LogP contribution in [0.2, 0.25) is 0 Å². The van der Waals surface area contributed by atoms with Gasteiger partial charge in [-0.1, -0.05) is 36.4 Å². The molecule has 5 N–H and O–H groups in total. The van der Waals surface area contributed by atoms with Crippen molar-refractivity contribution < 1.29 is 19.2 Å². The standard InChI is InChI=1S/C21H31IN4O4/c1-13(2)17(11-18(27)14(3)23)21(30)25-10-4-9-24-20(29)15-5-7-16(8-6-15)26-19(28)12-22/h5-8,13-14,17H,4,9-12,23H2,1-3H3,(H,24,29)(H,25,30)(H,26,28)/t14-,17-/m1/s1. The fourth-order valence-corrected chi connectivity index (χ4v) is 2.86. The maximum atomic E-state index is 12.4. The minimum Gasteiger partial charge on any atom is -0.356 e. The molecule has 1 aromatic carbocycles. The van der Waals surface area contributed by atoms with E-state index in [1.54, 1.807) is 31.2 Å². The lowest BCUT2D eigenvalue weighted by molar-refractivity contribution is -0.131. The number of alkyl halides is 1. The zero-order valence-corrected chi connectivity index (χ0v) is 19.8. The van der Waals surface area contributed by atoms with Crippen LogP contribution in [-0.4, -0.2) is 47.1 Å². The summed E-state index contributed by atoms with van der Waals surface area (Å²) >= 11 is 1.97. The molecule has 0 unspecified atom stereocenters. The van der Waals surface area contributed by atoms with Crippen molar-refractivity contribution in [3.63, 3.8) is 0 Å². The van der Waals surface area contributed by atoms with Crippen LogP contribution in [0.4, 0.5) is 5.69 Å². The fourth-order valence-electron chi connectivity index (χ4n) is 2.67. The summed E-state index contributed by atoms with van der Waals surface area (Å²) in [6, 6.07) is 6.06. The molecule has 0 aliphatic rings. The Bertz CT molecular complexity index is 735. The van der Waals surface area contributed by atoms with Gasteiger partial charge in [0.2, 0.25) is 11.8 Å². The third-order valence-corrected chi connectivity index (χ3v) is 5.25. The Hall–Kier alpha value is -2.01.